The van der Waals surface area contributed by atoms with Gasteiger partial charge in [-0.25, -0.2) is 4.98 Å². The van der Waals surface area contributed by atoms with Gasteiger partial charge < -0.3 is 14.6 Å². The van der Waals surface area contributed by atoms with E-state index in [-0.39, 0.29) is 0 Å². The zero-order chi connectivity index (χ0) is 20.4. The second-order valence-electron chi connectivity index (χ2n) is 8.76. The molecule has 5 rings (SSSR count). The van der Waals surface area contributed by atoms with E-state index in [9.17, 15) is 0 Å². The first-order valence-corrected chi connectivity index (χ1v) is 10.9. The predicted octanol–water partition coefficient (Wildman–Crippen LogP) is 3.54. The predicted molar refractivity (Wildman–Crippen MR) is 119 cm³/mol. The molecule has 30 heavy (non-hydrogen) atoms. The average molecular weight is 403 g/mol. The lowest BCUT2D eigenvalue weighted by Gasteiger charge is -2.28. The number of methoxy groups -OCH3 is 1. The van der Waals surface area contributed by atoms with Crippen LogP contribution < -0.4 is 10.1 Å². The van der Waals surface area contributed by atoms with Gasteiger partial charge in [-0.05, 0) is 55.1 Å². The van der Waals surface area contributed by atoms with Crippen molar-refractivity contribution in [3.8, 4) is 11.4 Å². The highest BCUT2D eigenvalue weighted by atomic mass is 16.5. The summed E-state index contributed by atoms with van der Waals surface area (Å²) in [5, 5.41) is 3.67. The normalized spacial score (nSPS) is 23.6. The fraction of sp³-hybridized carbons (Fsp3) is 0.400. The van der Waals surface area contributed by atoms with Crippen molar-refractivity contribution >= 4 is 0 Å². The minimum atomic E-state index is 0.382. The van der Waals surface area contributed by atoms with Crippen molar-refractivity contribution in [3.63, 3.8) is 0 Å². The number of likely N-dealkylation sites (tertiary alicyclic amines) is 1. The standard InChI is InChI=1S/C25H30N4O/c1-30-23-9-7-22(8-10-23)29-14-13-27-24(29)17-28-16-21-15-26-18-25(21,19-28)12-11-20-5-3-2-4-6-20/h2-10,13-14,21,26H,11-12,15-19H2,1H3. The molecule has 2 aromatic carbocycles. The Morgan fingerprint density at radius 1 is 1.13 bits per heavy atom. The minimum absolute atomic E-state index is 0.382. The molecule has 2 saturated heterocycles. The van der Waals surface area contributed by atoms with Gasteiger partial charge in [-0.3, -0.25) is 4.90 Å². The number of nitrogens with zero attached hydrogens (tertiary/aromatic N) is 3. The molecular formula is C25H30N4O. The van der Waals surface area contributed by atoms with E-state index >= 15 is 0 Å². The highest BCUT2D eigenvalue weighted by Gasteiger charge is 2.48. The van der Waals surface area contributed by atoms with E-state index in [0.717, 1.165) is 62.3 Å². The lowest BCUT2D eigenvalue weighted by atomic mass is 9.76. The number of aryl methyl sites for hydroxylation is 1. The molecule has 2 unspecified atom stereocenters. The van der Waals surface area contributed by atoms with Gasteiger partial charge in [0.2, 0.25) is 0 Å². The first kappa shape index (κ1) is 19.3. The number of imidazole rings is 1. The lowest BCUT2D eigenvalue weighted by Crippen LogP contribution is -2.33. The first-order chi connectivity index (χ1) is 14.8. The highest BCUT2D eigenvalue weighted by molar-refractivity contribution is 5.38. The van der Waals surface area contributed by atoms with Crippen LogP contribution in [0.25, 0.3) is 5.69 Å². The Balaban J connectivity index is 1.28. The largest absolute Gasteiger partial charge is 0.497 e. The molecular weight excluding hydrogens is 372 g/mol. The van der Waals surface area contributed by atoms with Gasteiger partial charge in [0.15, 0.2) is 0 Å². The van der Waals surface area contributed by atoms with E-state index in [1.54, 1.807) is 7.11 Å². The Hall–Kier alpha value is -2.63. The molecule has 0 amide bonds. The van der Waals surface area contributed by atoms with Crippen LogP contribution in [0, 0.1) is 11.3 Å². The molecule has 0 radical (unpaired) electrons. The molecule has 2 atom stereocenters. The molecule has 3 aromatic rings. The number of nitrogens with one attached hydrogen (secondary N) is 1. The van der Waals surface area contributed by atoms with Crippen LogP contribution in [-0.2, 0) is 13.0 Å². The Morgan fingerprint density at radius 3 is 2.77 bits per heavy atom. The molecule has 1 aromatic heterocycles. The maximum Gasteiger partial charge on any atom is 0.127 e. The number of aromatic nitrogens is 2. The second-order valence-corrected chi connectivity index (χ2v) is 8.76. The number of rotatable bonds is 7. The van der Waals surface area contributed by atoms with Crippen molar-refractivity contribution in [1.29, 1.82) is 0 Å². The zero-order valence-corrected chi connectivity index (χ0v) is 17.6. The Labute approximate surface area is 178 Å². The van der Waals surface area contributed by atoms with E-state index in [1.165, 1.54) is 12.0 Å². The number of ether oxygens (including phenoxy) is 1. The molecule has 3 heterocycles. The van der Waals surface area contributed by atoms with Gasteiger partial charge >= 0.3 is 0 Å². The van der Waals surface area contributed by atoms with E-state index in [1.807, 2.05) is 18.3 Å². The molecule has 0 bridgehead atoms. The number of hydrogen-bond donors (Lipinski definition) is 1. The van der Waals surface area contributed by atoms with E-state index in [4.69, 9.17) is 4.74 Å². The van der Waals surface area contributed by atoms with Gasteiger partial charge in [0, 0.05) is 43.1 Å². The molecule has 2 fully saturated rings. The summed E-state index contributed by atoms with van der Waals surface area (Å²) < 4.78 is 7.49. The minimum Gasteiger partial charge on any atom is -0.497 e. The van der Waals surface area contributed by atoms with Gasteiger partial charge in [-0.15, -0.1) is 0 Å². The van der Waals surface area contributed by atoms with Crippen molar-refractivity contribution < 1.29 is 4.74 Å². The summed E-state index contributed by atoms with van der Waals surface area (Å²) in [6.07, 6.45) is 6.37. The van der Waals surface area contributed by atoms with Crippen molar-refractivity contribution in [1.82, 2.24) is 19.8 Å². The molecule has 5 nitrogen and oxygen atoms in total. The van der Waals surface area contributed by atoms with Crippen LogP contribution in [0.15, 0.2) is 67.0 Å². The van der Waals surface area contributed by atoms with Gasteiger partial charge in [0.1, 0.15) is 11.6 Å². The van der Waals surface area contributed by atoms with Gasteiger partial charge in [-0.1, -0.05) is 30.3 Å². The summed E-state index contributed by atoms with van der Waals surface area (Å²) in [5.41, 5.74) is 2.96. The highest BCUT2D eigenvalue weighted by Crippen LogP contribution is 2.43. The molecule has 0 spiro atoms. The van der Waals surface area contributed by atoms with Gasteiger partial charge in [0.05, 0.1) is 13.7 Å². The smallest absolute Gasteiger partial charge is 0.127 e. The average Bonchev–Trinajstić information content (AvgIpc) is 3.48. The van der Waals surface area contributed by atoms with Gasteiger partial charge in [-0.2, -0.15) is 0 Å². The van der Waals surface area contributed by atoms with Crippen molar-refractivity contribution in [2.45, 2.75) is 19.4 Å². The zero-order valence-electron chi connectivity index (χ0n) is 17.6. The third-order valence-electron chi connectivity index (χ3n) is 6.94. The van der Waals surface area contributed by atoms with Crippen molar-refractivity contribution in [3.05, 3.63) is 78.4 Å². The van der Waals surface area contributed by atoms with Crippen LogP contribution in [0.3, 0.4) is 0 Å². The van der Waals surface area contributed by atoms with E-state index < -0.39 is 0 Å². The molecule has 5 heteroatoms. The van der Waals surface area contributed by atoms with Crippen molar-refractivity contribution in [2.24, 2.45) is 11.3 Å². The van der Waals surface area contributed by atoms with E-state index in [2.05, 4.69) is 68.4 Å². The monoisotopic (exact) mass is 402 g/mol. The SMILES string of the molecule is COc1ccc(-n2ccnc2CN2CC3CNCC3(CCc3ccccc3)C2)cc1. The maximum absolute atomic E-state index is 5.29. The maximum atomic E-state index is 5.29. The topological polar surface area (TPSA) is 42.3 Å². The number of hydrogen-bond acceptors (Lipinski definition) is 4. The summed E-state index contributed by atoms with van der Waals surface area (Å²) in [7, 11) is 1.70. The Morgan fingerprint density at radius 2 is 1.97 bits per heavy atom. The summed E-state index contributed by atoms with van der Waals surface area (Å²) in [6.45, 7) is 5.46. The summed E-state index contributed by atoms with van der Waals surface area (Å²) in [5.74, 6) is 2.71. The fourth-order valence-electron chi connectivity index (χ4n) is 5.28. The third-order valence-corrected chi connectivity index (χ3v) is 6.94. The summed E-state index contributed by atoms with van der Waals surface area (Å²) in [4.78, 5) is 7.29. The van der Waals surface area contributed by atoms with E-state index in [0.29, 0.717) is 5.41 Å². The third kappa shape index (κ3) is 3.75. The van der Waals surface area contributed by atoms with Crippen LogP contribution >= 0.6 is 0 Å². The quantitative estimate of drug-likeness (QED) is 0.657. The molecule has 2 aliphatic heterocycles. The van der Waals surface area contributed by atoms with Crippen molar-refractivity contribution in [2.75, 3.05) is 33.3 Å². The molecule has 0 saturated carbocycles. The van der Waals surface area contributed by atoms with Crippen LogP contribution in [0.2, 0.25) is 0 Å². The van der Waals surface area contributed by atoms with Gasteiger partial charge in [0.25, 0.3) is 0 Å². The molecule has 2 aliphatic rings. The Kier molecular flexibility index (Phi) is 5.32. The first-order valence-electron chi connectivity index (χ1n) is 10.9. The summed E-state index contributed by atoms with van der Waals surface area (Å²) in [6, 6.07) is 19.1. The molecule has 156 valence electrons. The Bertz CT molecular complexity index is 968. The second kappa shape index (κ2) is 8.25. The number of fused-ring (bicyclic) bond motifs is 1. The fourth-order valence-corrected chi connectivity index (χ4v) is 5.28. The van der Waals surface area contributed by atoms with Crippen LogP contribution in [0.1, 0.15) is 17.8 Å². The number of benzene rings is 2. The summed E-state index contributed by atoms with van der Waals surface area (Å²) >= 11 is 0. The molecule has 1 N–H and O–H groups in total. The van der Waals surface area contributed by atoms with Crippen LogP contribution in [0.5, 0.6) is 5.75 Å². The lowest BCUT2D eigenvalue weighted by molar-refractivity contribution is 0.234. The van der Waals surface area contributed by atoms with Crippen LogP contribution in [-0.4, -0.2) is 47.7 Å². The molecule has 0 aliphatic carbocycles. The van der Waals surface area contributed by atoms with Crippen LogP contribution in [0.4, 0.5) is 0 Å².